The molecule has 0 radical (unpaired) electrons. The topological polar surface area (TPSA) is 0 Å². The van der Waals surface area contributed by atoms with E-state index in [1.807, 2.05) is 13.0 Å². The summed E-state index contributed by atoms with van der Waals surface area (Å²) >= 11 is 0. The molecule has 0 amide bonds. The summed E-state index contributed by atoms with van der Waals surface area (Å²) in [6, 6.07) is 15.1. The van der Waals surface area contributed by atoms with Crippen LogP contribution in [0, 0.1) is 0 Å². The van der Waals surface area contributed by atoms with Crippen LogP contribution in [0.3, 0.4) is 0 Å². The van der Waals surface area contributed by atoms with Gasteiger partial charge in [-0.2, -0.15) is 0 Å². The van der Waals surface area contributed by atoms with Crippen molar-refractivity contribution in [1.29, 1.82) is 0 Å². The Labute approximate surface area is 96.9 Å². The van der Waals surface area contributed by atoms with Gasteiger partial charge in [-0.15, -0.1) is 0 Å². The summed E-state index contributed by atoms with van der Waals surface area (Å²) in [5.74, 6) is 0. The van der Waals surface area contributed by atoms with Crippen molar-refractivity contribution in [2.75, 3.05) is 0 Å². The van der Waals surface area contributed by atoms with Gasteiger partial charge in [-0.25, -0.2) is 0 Å². The lowest BCUT2D eigenvalue weighted by molar-refractivity contribution is 1.28. The Balaban J connectivity index is 2.19. The van der Waals surface area contributed by atoms with E-state index in [1.165, 1.54) is 16.3 Å². The Hall–Kier alpha value is -1.82. The predicted octanol–water partition coefficient (Wildman–Crippen LogP) is 4.51. The second kappa shape index (κ2) is 5.32. The number of rotatable bonds is 3. The predicted molar refractivity (Wildman–Crippen MR) is 71.6 cm³/mol. The Morgan fingerprint density at radius 3 is 2.56 bits per heavy atom. The average molecular weight is 208 g/mol. The van der Waals surface area contributed by atoms with Gasteiger partial charge in [0, 0.05) is 0 Å². The van der Waals surface area contributed by atoms with E-state index in [2.05, 4.69) is 60.7 Å². The van der Waals surface area contributed by atoms with Gasteiger partial charge in [0.25, 0.3) is 0 Å². The third kappa shape index (κ3) is 2.60. The van der Waals surface area contributed by atoms with Crippen LogP contribution in [0.5, 0.6) is 0 Å². The van der Waals surface area contributed by atoms with Gasteiger partial charge in [-0.3, -0.25) is 0 Å². The molecule has 16 heavy (non-hydrogen) atoms. The van der Waals surface area contributed by atoms with E-state index >= 15 is 0 Å². The van der Waals surface area contributed by atoms with Crippen molar-refractivity contribution in [3.8, 4) is 0 Å². The van der Waals surface area contributed by atoms with Crippen molar-refractivity contribution in [2.45, 2.75) is 13.3 Å². The Kier molecular flexibility index (Phi) is 3.55. The van der Waals surface area contributed by atoms with Crippen LogP contribution in [0.15, 0.2) is 66.8 Å². The van der Waals surface area contributed by atoms with Crippen LogP contribution in [0.4, 0.5) is 0 Å². The van der Waals surface area contributed by atoms with E-state index in [-0.39, 0.29) is 0 Å². The summed E-state index contributed by atoms with van der Waals surface area (Å²) in [4.78, 5) is 0. The van der Waals surface area contributed by atoms with E-state index in [1.54, 1.807) is 0 Å². The smallest absolute Gasteiger partial charge is 0.00941 e. The fraction of sp³-hybridized carbons (Fsp3) is 0.125. The zero-order valence-electron chi connectivity index (χ0n) is 9.56. The molecule has 2 aromatic rings. The molecule has 0 fully saturated rings. The first-order valence-corrected chi connectivity index (χ1v) is 5.65. The standard InChI is InChI=1S/C16H16/c1-2-3-4-5-8-14-11-12-15-9-6-7-10-16(15)13-14/h2-7,9-13H,8H2,1H3/b3-2-,5-4-. The van der Waals surface area contributed by atoms with Gasteiger partial charge in [0.1, 0.15) is 0 Å². The second-order valence-electron chi connectivity index (χ2n) is 3.84. The highest BCUT2D eigenvalue weighted by molar-refractivity contribution is 5.83. The molecule has 0 heterocycles. The van der Waals surface area contributed by atoms with E-state index in [0.717, 1.165) is 6.42 Å². The van der Waals surface area contributed by atoms with Gasteiger partial charge in [0.15, 0.2) is 0 Å². The summed E-state index contributed by atoms with van der Waals surface area (Å²) < 4.78 is 0. The SMILES string of the molecule is C/C=C\C=C/Cc1ccc2ccccc2c1. The van der Waals surface area contributed by atoms with Gasteiger partial charge >= 0.3 is 0 Å². The van der Waals surface area contributed by atoms with Crippen molar-refractivity contribution in [3.05, 3.63) is 72.3 Å². The van der Waals surface area contributed by atoms with Crippen molar-refractivity contribution in [1.82, 2.24) is 0 Å². The molecule has 0 aliphatic carbocycles. The molecule has 2 aromatic carbocycles. The first-order valence-electron chi connectivity index (χ1n) is 5.65. The van der Waals surface area contributed by atoms with Crippen LogP contribution in [-0.2, 0) is 6.42 Å². The molecule has 0 saturated carbocycles. The monoisotopic (exact) mass is 208 g/mol. The maximum atomic E-state index is 2.26. The minimum absolute atomic E-state index is 0.995. The zero-order valence-corrected chi connectivity index (χ0v) is 9.56. The molecule has 0 aliphatic rings. The summed E-state index contributed by atoms with van der Waals surface area (Å²) in [6.07, 6.45) is 9.37. The Morgan fingerprint density at radius 2 is 1.75 bits per heavy atom. The molecule has 0 aromatic heterocycles. The molecule has 80 valence electrons. The largest absolute Gasteiger partial charge is 0.0877 e. The molecular formula is C16H16. The zero-order chi connectivity index (χ0) is 11.2. The fourth-order valence-electron chi connectivity index (χ4n) is 1.76. The molecule has 0 nitrogen and oxygen atoms in total. The lowest BCUT2D eigenvalue weighted by Crippen LogP contribution is -1.81. The highest BCUT2D eigenvalue weighted by atomic mass is 14.0. The van der Waals surface area contributed by atoms with E-state index < -0.39 is 0 Å². The molecule has 0 spiro atoms. The molecule has 2 rings (SSSR count). The lowest BCUT2D eigenvalue weighted by Gasteiger charge is -2.00. The molecule has 0 unspecified atom stereocenters. The summed E-state index contributed by atoms with van der Waals surface area (Å²) in [5.41, 5.74) is 1.36. The second-order valence-corrected chi connectivity index (χ2v) is 3.84. The lowest BCUT2D eigenvalue weighted by atomic mass is 10.1. The molecule has 0 heteroatoms. The highest BCUT2D eigenvalue weighted by Gasteiger charge is 1.93. The van der Waals surface area contributed by atoms with Crippen LogP contribution in [0.2, 0.25) is 0 Å². The number of hydrogen-bond donors (Lipinski definition) is 0. The van der Waals surface area contributed by atoms with Crippen molar-refractivity contribution >= 4 is 10.8 Å². The molecule has 0 atom stereocenters. The molecule has 0 N–H and O–H groups in total. The minimum Gasteiger partial charge on any atom is -0.0877 e. The number of allylic oxidation sites excluding steroid dienone is 4. The first-order chi connectivity index (χ1) is 7.90. The van der Waals surface area contributed by atoms with Gasteiger partial charge in [0.05, 0.1) is 0 Å². The Morgan fingerprint density at radius 1 is 0.938 bits per heavy atom. The van der Waals surface area contributed by atoms with Crippen LogP contribution in [-0.4, -0.2) is 0 Å². The Bertz CT molecular complexity index is 518. The highest BCUT2D eigenvalue weighted by Crippen LogP contribution is 2.16. The van der Waals surface area contributed by atoms with Gasteiger partial charge in [-0.1, -0.05) is 66.8 Å². The fourth-order valence-corrected chi connectivity index (χ4v) is 1.76. The van der Waals surface area contributed by atoms with Crippen LogP contribution >= 0.6 is 0 Å². The number of hydrogen-bond acceptors (Lipinski definition) is 0. The maximum Gasteiger partial charge on any atom is -0.00941 e. The van der Waals surface area contributed by atoms with Crippen molar-refractivity contribution in [3.63, 3.8) is 0 Å². The molecule has 0 aliphatic heterocycles. The normalized spacial score (nSPS) is 11.8. The van der Waals surface area contributed by atoms with Gasteiger partial charge in [0.2, 0.25) is 0 Å². The first kappa shape index (κ1) is 10.7. The maximum absolute atomic E-state index is 2.26. The summed E-state index contributed by atoms with van der Waals surface area (Å²) in [7, 11) is 0. The third-order valence-electron chi connectivity index (χ3n) is 2.61. The number of fused-ring (bicyclic) bond motifs is 1. The van der Waals surface area contributed by atoms with Crippen LogP contribution in [0.25, 0.3) is 10.8 Å². The summed E-state index contributed by atoms with van der Waals surface area (Å²) in [5, 5.41) is 2.63. The summed E-state index contributed by atoms with van der Waals surface area (Å²) in [6.45, 7) is 2.03. The molecular weight excluding hydrogens is 192 g/mol. The van der Waals surface area contributed by atoms with Gasteiger partial charge in [-0.05, 0) is 29.7 Å². The van der Waals surface area contributed by atoms with Crippen LogP contribution in [0.1, 0.15) is 12.5 Å². The third-order valence-corrected chi connectivity index (χ3v) is 2.61. The van der Waals surface area contributed by atoms with E-state index in [0.29, 0.717) is 0 Å². The van der Waals surface area contributed by atoms with Crippen molar-refractivity contribution < 1.29 is 0 Å². The molecule has 0 bridgehead atoms. The van der Waals surface area contributed by atoms with Crippen LogP contribution < -0.4 is 0 Å². The minimum atomic E-state index is 0.995. The number of benzene rings is 2. The quantitative estimate of drug-likeness (QED) is 0.651. The van der Waals surface area contributed by atoms with E-state index in [4.69, 9.17) is 0 Å². The van der Waals surface area contributed by atoms with Gasteiger partial charge < -0.3 is 0 Å². The van der Waals surface area contributed by atoms with Crippen molar-refractivity contribution in [2.24, 2.45) is 0 Å². The molecule has 0 saturated heterocycles. The average Bonchev–Trinajstić information content (AvgIpc) is 2.34. The van der Waals surface area contributed by atoms with E-state index in [9.17, 15) is 0 Å².